The van der Waals surface area contributed by atoms with Crippen molar-refractivity contribution in [1.29, 1.82) is 0 Å². The molecule has 0 aliphatic rings. The number of hydrogen-bond acceptors (Lipinski definition) is 3. The Morgan fingerprint density at radius 1 is 1.65 bits per heavy atom. The average molecular weight is 255 g/mol. The maximum absolute atomic E-state index is 11.0. The van der Waals surface area contributed by atoms with Gasteiger partial charge in [0, 0.05) is 17.6 Å². The van der Waals surface area contributed by atoms with Crippen LogP contribution in [0.25, 0.3) is 5.52 Å². The van der Waals surface area contributed by atoms with Crippen LogP contribution in [-0.2, 0) is 6.42 Å². The van der Waals surface area contributed by atoms with Crippen LogP contribution in [0.2, 0.25) is 5.02 Å². The summed E-state index contributed by atoms with van der Waals surface area (Å²) in [4.78, 5) is 15.1. The van der Waals surface area contributed by atoms with Crippen LogP contribution in [0.1, 0.15) is 23.2 Å². The molecule has 0 aliphatic carbocycles. The first kappa shape index (κ1) is 11.9. The summed E-state index contributed by atoms with van der Waals surface area (Å²) in [7, 11) is 0. The van der Waals surface area contributed by atoms with Crippen molar-refractivity contribution < 1.29 is 15.0 Å². The lowest BCUT2D eigenvalue weighted by molar-refractivity contribution is 0.0693. The van der Waals surface area contributed by atoms with E-state index in [4.69, 9.17) is 16.7 Å². The maximum Gasteiger partial charge on any atom is 0.356 e. The van der Waals surface area contributed by atoms with E-state index in [9.17, 15) is 9.90 Å². The first-order valence-electron chi connectivity index (χ1n) is 5.07. The molecule has 1 atom stereocenters. The molecule has 5 nitrogen and oxygen atoms in total. The van der Waals surface area contributed by atoms with E-state index in [1.165, 1.54) is 0 Å². The maximum atomic E-state index is 11.0. The van der Waals surface area contributed by atoms with E-state index >= 15 is 0 Å². The largest absolute Gasteiger partial charge is 0.476 e. The van der Waals surface area contributed by atoms with E-state index < -0.39 is 12.1 Å². The van der Waals surface area contributed by atoms with E-state index in [1.54, 1.807) is 29.7 Å². The Labute approximate surface area is 102 Å². The number of aliphatic hydroxyl groups excluding tert-OH is 1. The van der Waals surface area contributed by atoms with Crippen LogP contribution in [0.5, 0.6) is 0 Å². The Morgan fingerprint density at radius 3 is 2.94 bits per heavy atom. The highest BCUT2D eigenvalue weighted by Crippen LogP contribution is 2.19. The predicted octanol–water partition coefficient (Wildman–Crippen LogP) is 1.61. The number of carbonyl (C=O) groups is 1. The molecule has 0 spiro atoms. The first-order chi connectivity index (χ1) is 7.99. The molecule has 1 unspecified atom stereocenters. The number of halogens is 1. The second kappa shape index (κ2) is 4.35. The predicted molar refractivity (Wildman–Crippen MR) is 62.5 cm³/mol. The Morgan fingerprint density at radius 2 is 2.35 bits per heavy atom. The summed E-state index contributed by atoms with van der Waals surface area (Å²) in [5, 5.41) is 18.8. The van der Waals surface area contributed by atoms with Gasteiger partial charge in [0.15, 0.2) is 5.69 Å². The molecule has 0 saturated carbocycles. The van der Waals surface area contributed by atoms with Crippen molar-refractivity contribution in [3.05, 3.63) is 34.9 Å². The summed E-state index contributed by atoms with van der Waals surface area (Å²) in [5.41, 5.74) is 0.379. The summed E-state index contributed by atoms with van der Waals surface area (Å²) in [6, 6.07) is 3.19. The minimum Gasteiger partial charge on any atom is -0.476 e. The molecule has 17 heavy (non-hydrogen) atoms. The number of aliphatic hydroxyl groups is 1. The lowest BCUT2D eigenvalue weighted by atomic mass is 10.3. The topological polar surface area (TPSA) is 74.8 Å². The highest BCUT2D eigenvalue weighted by molar-refractivity contribution is 6.31. The van der Waals surface area contributed by atoms with Gasteiger partial charge in [0.1, 0.15) is 5.82 Å². The van der Waals surface area contributed by atoms with Crippen molar-refractivity contribution in [3.63, 3.8) is 0 Å². The van der Waals surface area contributed by atoms with Crippen molar-refractivity contribution in [2.24, 2.45) is 0 Å². The fourth-order valence-corrected chi connectivity index (χ4v) is 1.85. The summed E-state index contributed by atoms with van der Waals surface area (Å²) in [6.07, 6.45) is 1.35. The zero-order valence-corrected chi connectivity index (χ0v) is 9.85. The van der Waals surface area contributed by atoms with Crippen molar-refractivity contribution in [2.75, 3.05) is 0 Å². The smallest absolute Gasteiger partial charge is 0.356 e. The molecule has 0 radical (unpaired) electrons. The number of aromatic carboxylic acids is 1. The van der Waals surface area contributed by atoms with Gasteiger partial charge in [-0.2, -0.15) is 0 Å². The van der Waals surface area contributed by atoms with Crippen LogP contribution >= 0.6 is 11.6 Å². The van der Waals surface area contributed by atoms with E-state index in [2.05, 4.69) is 4.98 Å². The Balaban J connectivity index is 2.66. The average Bonchev–Trinajstić information content (AvgIpc) is 2.55. The molecule has 0 amide bonds. The molecule has 0 aromatic carbocycles. The molecule has 0 saturated heterocycles. The van der Waals surface area contributed by atoms with Gasteiger partial charge in [-0.25, -0.2) is 9.78 Å². The molecule has 2 heterocycles. The lowest BCUT2D eigenvalue weighted by Gasteiger charge is -2.03. The molecular weight excluding hydrogens is 244 g/mol. The molecular formula is C11H11ClN2O3. The molecule has 2 aromatic heterocycles. The number of imidazole rings is 1. The van der Waals surface area contributed by atoms with Crippen LogP contribution < -0.4 is 0 Å². The number of carboxylic acids is 1. The second-order valence-corrected chi connectivity index (χ2v) is 4.27. The molecule has 2 aromatic rings. The van der Waals surface area contributed by atoms with Crippen LogP contribution in [-0.4, -0.2) is 31.7 Å². The lowest BCUT2D eigenvalue weighted by Crippen LogP contribution is -2.07. The summed E-state index contributed by atoms with van der Waals surface area (Å²) in [5.74, 6) is -0.606. The van der Waals surface area contributed by atoms with Gasteiger partial charge in [-0.3, -0.25) is 0 Å². The third-order valence-corrected chi connectivity index (χ3v) is 2.59. The van der Waals surface area contributed by atoms with Gasteiger partial charge in [0.25, 0.3) is 0 Å². The van der Waals surface area contributed by atoms with E-state index in [1.807, 2.05) is 0 Å². The van der Waals surface area contributed by atoms with Crippen molar-refractivity contribution in [1.82, 2.24) is 9.38 Å². The zero-order chi connectivity index (χ0) is 12.6. The van der Waals surface area contributed by atoms with E-state index in [0.717, 1.165) is 0 Å². The van der Waals surface area contributed by atoms with Crippen LogP contribution in [0.4, 0.5) is 0 Å². The van der Waals surface area contributed by atoms with Gasteiger partial charge >= 0.3 is 5.97 Å². The minimum absolute atomic E-state index is 0.0526. The van der Waals surface area contributed by atoms with E-state index in [0.29, 0.717) is 16.4 Å². The SMILES string of the molecule is CC(O)Cc1nc(C(=O)O)c2cc(Cl)ccn12. The molecule has 0 aliphatic heterocycles. The zero-order valence-electron chi connectivity index (χ0n) is 9.09. The van der Waals surface area contributed by atoms with Gasteiger partial charge < -0.3 is 14.6 Å². The monoisotopic (exact) mass is 254 g/mol. The molecule has 0 fully saturated rings. The molecule has 90 valence electrons. The normalized spacial score (nSPS) is 12.9. The van der Waals surface area contributed by atoms with Crippen molar-refractivity contribution in [2.45, 2.75) is 19.4 Å². The molecule has 6 heteroatoms. The van der Waals surface area contributed by atoms with Gasteiger partial charge in [-0.15, -0.1) is 0 Å². The number of pyridine rings is 1. The van der Waals surface area contributed by atoms with E-state index in [-0.39, 0.29) is 12.1 Å². The van der Waals surface area contributed by atoms with Crippen LogP contribution in [0.15, 0.2) is 18.3 Å². The summed E-state index contributed by atoms with van der Waals surface area (Å²) in [6.45, 7) is 1.62. The van der Waals surface area contributed by atoms with Gasteiger partial charge in [0.2, 0.25) is 0 Å². The number of hydrogen-bond donors (Lipinski definition) is 2. The third kappa shape index (κ3) is 2.25. The summed E-state index contributed by atoms with van der Waals surface area (Å²) < 4.78 is 1.63. The van der Waals surface area contributed by atoms with Gasteiger partial charge in [-0.1, -0.05) is 11.6 Å². The third-order valence-electron chi connectivity index (χ3n) is 2.36. The fraction of sp³-hybridized carbons (Fsp3) is 0.273. The number of carboxylic acid groups (broad SMARTS) is 1. The molecule has 2 N–H and O–H groups in total. The molecule has 0 bridgehead atoms. The highest BCUT2D eigenvalue weighted by Gasteiger charge is 2.17. The number of fused-ring (bicyclic) bond motifs is 1. The number of aromatic nitrogens is 2. The summed E-state index contributed by atoms with van der Waals surface area (Å²) >= 11 is 5.83. The highest BCUT2D eigenvalue weighted by atomic mass is 35.5. The Hall–Kier alpha value is -1.59. The Bertz CT molecular complexity index is 577. The minimum atomic E-state index is -1.11. The Kier molecular flexibility index (Phi) is 3.04. The number of nitrogens with zero attached hydrogens (tertiary/aromatic N) is 2. The van der Waals surface area contributed by atoms with Crippen molar-refractivity contribution >= 4 is 23.1 Å². The van der Waals surface area contributed by atoms with Gasteiger partial charge in [0.05, 0.1) is 11.6 Å². The quantitative estimate of drug-likeness (QED) is 0.873. The van der Waals surface area contributed by atoms with Crippen LogP contribution in [0.3, 0.4) is 0 Å². The van der Waals surface area contributed by atoms with Gasteiger partial charge in [-0.05, 0) is 19.1 Å². The fourth-order valence-electron chi connectivity index (χ4n) is 1.69. The van der Waals surface area contributed by atoms with Crippen LogP contribution in [0, 0.1) is 0 Å². The standard InChI is InChI=1S/C11H11ClN2O3/c1-6(15)4-9-13-10(11(16)17)8-5-7(12)2-3-14(8)9/h2-3,5-6,15H,4H2,1H3,(H,16,17). The number of rotatable bonds is 3. The second-order valence-electron chi connectivity index (χ2n) is 3.84. The first-order valence-corrected chi connectivity index (χ1v) is 5.44. The molecule has 2 rings (SSSR count). The van der Waals surface area contributed by atoms with Crippen molar-refractivity contribution in [3.8, 4) is 0 Å².